The summed E-state index contributed by atoms with van der Waals surface area (Å²) in [4.78, 5) is 11.6. The molecule has 0 saturated heterocycles. The molecule has 9 heteroatoms. The predicted octanol–water partition coefficient (Wildman–Crippen LogP) is 5.52. The Balaban J connectivity index is 1.65. The number of carbonyl (C=O) groups excluding carboxylic acids is 1. The largest absolute Gasteiger partial charge is 0.497 e. The van der Waals surface area contributed by atoms with Gasteiger partial charge in [-0.25, -0.2) is 14.8 Å². The Kier molecular flexibility index (Phi) is 6.23. The van der Waals surface area contributed by atoms with Gasteiger partial charge in [0, 0.05) is 10.6 Å². The number of thioether (sulfide) groups is 1. The minimum absolute atomic E-state index is 0.221. The van der Waals surface area contributed by atoms with E-state index in [1.54, 1.807) is 12.1 Å². The van der Waals surface area contributed by atoms with E-state index < -0.39 is 11.0 Å². The van der Waals surface area contributed by atoms with Crippen LogP contribution in [0, 0.1) is 0 Å². The van der Waals surface area contributed by atoms with Crippen molar-refractivity contribution in [1.29, 1.82) is 0 Å². The van der Waals surface area contributed by atoms with Crippen molar-refractivity contribution in [3.63, 3.8) is 0 Å². The molecule has 1 spiro atoms. The van der Waals surface area contributed by atoms with Crippen LogP contribution in [0.2, 0.25) is 5.02 Å². The van der Waals surface area contributed by atoms with Crippen LogP contribution in [0.15, 0.2) is 101 Å². The smallest absolute Gasteiger partial charge is 0.365 e. The zero-order valence-corrected chi connectivity index (χ0v) is 20.5. The number of halogens is 1. The molecule has 3 aromatic carbocycles. The summed E-state index contributed by atoms with van der Waals surface area (Å²) in [6.45, 7) is 0. The molecular formula is C26H21ClN4O3S. The summed E-state index contributed by atoms with van der Waals surface area (Å²) in [5.74, 6) is 0.202. The van der Waals surface area contributed by atoms with Crippen LogP contribution in [-0.4, -0.2) is 35.9 Å². The molecule has 3 aromatic rings. The van der Waals surface area contributed by atoms with Crippen molar-refractivity contribution < 1.29 is 14.3 Å². The predicted molar refractivity (Wildman–Crippen MR) is 141 cm³/mol. The van der Waals surface area contributed by atoms with E-state index in [1.165, 1.54) is 18.9 Å². The summed E-state index contributed by atoms with van der Waals surface area (Å²) < 4.78 is 10.3. The quantitative estimate of drug-likeness (QED) is 0.426. The van der Waals surface area contributed by atoms with Gasteiger partial charge in [-0.3, -0.25) is 0 Å². The first-order valence-corrected chi connectivity index (χ1v) is 11.9. The van der Waals surface area contributed by atoms with E-state index in [2.05, 4.69) is 5.10 Å². The van der Waals surface area contributed by atoms with Crippen molar-refractivity contribution >= 4 is 51.5 Å². The fourth-order valence-corrected chi connectivity index (χ4v) is 5.10. The summed E-state index contributed by atoms with van der Waals surface area (Å²) in [6.07, 6.45) is 3.92. The van der Waals surface area contributed by atoms with Crippen LogP contribution >= 0.6 is 23.4 Å². The van der Waals surface area contributed by atoms with E-state index in [9.17, 15) is 4.79 Å². The second-order valence-corrected chi connectivity index (χ2v) is 9.27. The second-order valence-electron chi connectivity index (χ2n) is 7.64. The number of rotatable bonds is 5. The maximum Gasteiger partial charge on any atom is 0.365 e. The Morgan fingerprint density at radius 3 is 2.20 bits per heavy atom. The standard InChI is InChI=1S/C26H21ClN4O3S/c1-33-22-14-12-21(13-15-22)31-26(35-24(29-31)25(32)34-2)17-16-23(18-8-10-19(27)11-9-18)28-30(26)20-6-4-3-5-7-20/h3-17H,1-2H3. The van der Waals surface area contributed by atoms with Crippen LogP contribution in [0.4, 0.5) is 11.4 Å². The average Bonchev–Trinajstić information content (AvgIpc) is 3.29. The molecule has 1 atom stereocenters. The van der Waals surface area contributed by atoms with Crippen LogP contribution in [0.5, 0.6) is 5.75 Å². The molecule has 176 valence electrons. The van der Waals surface area contributed by atoms with Crippen molar-refractivity contribution in [2.24, 2.45) is 10.2 Å². The number of hydrogen-bond donors (Lipinski definition) is 0. The van der Waals surface area contributed by atoms with E-state index in [0.717, 1.165) is 22.6 Å². The Morgan fingerprint density at radius 2 is 1.54 bits per heavy atom. The van der Waals surface area contributed by atoms with E-state index >= 15 is 0 Å². The number of hydrazone groups is 2. The lowest BCUT2D eigenvalue weighted by Crippen LogP contribution is -2.53. The van der Waals surface area contributed by atoms with Gasteiger partial charge < -0.3 is 9.47 Å². The Hall–Kier alpha value is -3.75. The van der Waals surface area contributed by atoms with Crippen molar-refractivity contribution in [2.45, 2.75) is 4.99 Å². The third-order valence-corrected chi connectivity index (χ3v) is 7.00. The van der Waals surface area contributed by atoms with Crippen LogP contribution in [0.1, 0.15) is 5.56 Å². The molecule has 0 amide bonds. The number of ether oxygens (including phenoxy) is 2. The number of hydrogen-bond acceptors (Lipinski definition) is 8. The molecule has 0 aliphatic carbocycles. The average molecular weight is 505 g/mol. The number of allylic oxidation sites excluding steroid dienone is 1. The third-order valence-electron chi connectivity index (χ3n) is 5.53. The fourth-order valence-electron chi connectivity index (χ4n) is 3.80. The van der Waals surface area contributed by atoms with E-state index in [-0.39, 0.29) is 5.04 Å². The maximum atomic E-state index is 12.6. The number of nitrogens with zero attached hydrogens (tertiary/aromatic N) is 4. The molecule has 0 aromatic heterocycles. The van der Waals surface area contributed by atoms with Crippen LogP contribution in [0.25, 0.3) is 0 Å². The highest BCUT2D eigenvalue weighted by molar-refractivity contribution is 8.17. The van der Waals surface area contributed by atoms with Crippen molar-refractivity contribution in [2.75, 3.05) is 24.2 Å². The summed E-state index contributed by atoms with van der Waals surface area (Å²) in [6, 6.07) is 24.7. The maximum absolute atomic E-state index is 12.6. The molecule has 5 rings (SSSR count). The van der Waals surface area contributed by atoms with Crippen LogP contribution in [0.3, 0.4) is 0 Å². The monoisotopic (exact) mass is 504 g/mol. The first-order valence-electron chi connectivity index (χ1n) is 10.7. The van der Waals surface area contributed by atoms with Crippen molar-refractivity contribution in [3.8, 4) is 5.75 Å². The van der Waals surface area contributed by atoms with Gasteiger partial charge in [-0.2, -0.15) is 10.2 Å². The van der Waals surface area contributed by atoms with Gasteiger partial charge in [0.15, 0.2) is 0 Å². The molecule has 2 heterocycles. The number of methoxy groups -OCH3 is 2. The highest BCUT2D eigenvalue weighted by Gasteiger charge is 2.51. The molecule has 7 nitrogen and oxygen atoms in total. The van der Waals surface area contributed by atoms with Gasteiger partial charge in [0.25, 0.3) is 0 Å². The first-order chi connectivity index (χ1) is 17.0. The Bertz CT molecular complexity index is 1330. The number of benzene rings is 3. The molecule has 0 radical (unpaired) electrons. The minimum atomic E-state index is -0.991. The molecule has 0 fully saturated rings. The second kappa shape index (κ2) is 9.48. The van der Waals surface area contributed by atoms with Gasteiger partial charge in [0.1, 0.15) is 5.75 Å². The molecule has 2 aliphatic heterocycles. The Morgan fingerprint density at radius 1 is 0.886 bits per heavy atom. The third kappa shape index (κ3) is 4.26. The molecule has 0 bridgehead atoms. The van der Waals surface area contributed by atoms with Gasteiger partial charge >= 0.3 is 5.97 Å². The lowest BCUT2D eigenvalue weighted by atomic mass is 10.1. The van der Waals surface area contributed by atoms with Gasteiger partial charge in [0.2, 0.25) is 10.0 Å². The first kappa shape index (κ1) is 23.0. The minimum Gasteiger partial charge on any atom is -0.497 e. The van der Waals surface area contributed by atoms with Gasteiger partial charge in [-0.1, -0.05) is 41.9 Å². The summed E-state index contributed by atoms with van der Waals surface area (Å²) >= 11 is 7.36. The fraction of sp³-hybridized carbons (Fsp3) is 0.115. The van der Waals surface area contributed by atoms with Gasteiger partial charge in [0.05, 0.1) is 31.3 Å². The van der Waals surface area contributed by atoms with E-state index in [1.807, 2.05) is 96.0 Å². The highest BCUT2D eigenvalue weighted by atomic mass is 35.5. The van der Waals surface area contributed by atoms with Gasteiger partial charge in [-0.15, -0.1) is 0 Å². The normalized spacial score (nSPS) is 18.9. The zero-order chi connectivity index (χ0) is 24.4. The SMILES string of the molecule is COC(=O)C1=NN(c2ccc(OC)cc2)C2(C=CC(c3ccc(Cl)cc3)=NN2c2ccccc2)S1. The lowest BCUT2D eigenvalue weighted by Gasteiger charge is -2.43. The number of para-hydroxylation sites is 1. The summed E-state index contributed by atoms with van der Waals surface area (Å²) in [5, 5.41) is 14.2. The summed E-state index contributed by atoms with van der Waals surface area (Å²) in [5.41, 5.74) is 3.25. The van der Waals surface area contributed by atoms with Crippen molar-refractivity contribution in [1.82, 2.24) is 0 Å². The topological polar surface area (TPSA) is 66.7 Å². The number of carbonyl (C=O) groups is 1. The molecule has 0 N–H and O–H groups in total. The Labute approximate surface area is 212 Å². The molecule has 1 unspecified atom stereocenters. The molecule has 35 heavy (non-hydrogen) atoms. The molecule has 2 aliphatic rings. The van der Waals surface area contributed by atoms with E-state index in [4.69, 9.17) is 26.2 Å². The van der Waals surface area contributed by atoms with Crippen molar-refractivity contribution in [3.05, 3.63) is 102 Å². The lowest BCUT2D eigenvalue weighted by molar-refractivity contribution is -0.132. The molecule has 0 saturated carbocycles. The molecular weight excluding hydrogens is 484 g/mol. The van der Waals surface area contributed by atoms with Gasteiger partial charge in [-0.05, 0) is 72.4 Å². The summed E-state index contributed by atoms with van der Waals surface area (Å²) in [7, 11) is 2.96. The zero-order valence-electron chi connectivity index (χ0n) is 19.0. The van der Waals surface area contributed by atoms with Crippen LogP contribution in [-0.2, 0) is 9.53 Å². The van der Waals surface area contributed by atoms with E-state index in [0.29, 0.717) is 10.8 Å². The highest BCUT2D eigenvalue weighted by Crippen LogP contribution is 2.48. The number of esters is 1. The number of anilines is 2. The van der Waals surface area contributed by atoms with Crippen LogP contribution < -0.4 is 14.8 Å².